The number of hydrogen-bond donors (Lipinski definition) is 2. The third-order valence-corrected chi connectivity index (χ3v) is 11.5. The lowest BCUT2D eigenvalue weighted by Crippen LogP contribution is -2.54. The SMILES string of the molecule is Nc1ncnc2c1c(-c1ccc(Oc3ccccc3)cc1)nn2C1CCN(C(=O)CCCCSc2c(F)ccc3c2C(=O)N(C2CCC(=O)NC2=O)C3=O)CC1. The topological polar surface area (TPSA) is 183 Å². The van der Waals surface area contributed by atoms with Gasteiger partial charge in [-0.15, -0.1) is 11.8 Å². The molecular weight excluding hydrogens is 740 g/mol. The van der Waals surface area contributed by atoms with Crippen LogP contribution in [-0.2, 0) is 14.4 Å². The van der Waals surface area contributed by atoms with Gasteiger partial charge in [-0.25, -0.2) is 19.0 Å². The Morgan fingerprint density at radius 1 is 0.911 bits per heavy atom. The van der Waals surface area contributed by atoms with Gasteiger partial charge < -0.3 is 15.4 Å². The first-order valence-electron chi connectivity index (χ1n) is 18.4. The second kappa shape index (κ2) is 15.5. The summed E-state index contributed by atoms with van der Waals surface area (Å²) >= 11 is 1.11. The summed E-state index contributed by atoms with van der Waals surface area (Å²) in [5.41, 5.74) is 8.47. The second-order valence-electron chi connectivity index (χ2n) is 13.9. The van der Waals surface area contributed by atoms with Crippen LogP contribution in [0.4, 0.5) is 10.2 Å². The van der Waals surface area contributed by atoms with Crippen molar-refractivity contribution in [3.63, 3.8) is 0 Å². The number of likely N-dealkylation sites (tertiary alicyclic amines) is 1. The van der Waals surface area contributed by atoms with Crippen LogP contribution < -0.4 is 15.8 Å². The third kappa shape index (κ3) is 7.07. The molecule has 286 valence electrons. The highest BCUT2D eigenvalue weighted by atomic mass is 32.2. The first-order chi connectivity index (χ1) is 27.2. The monoisotopic (exact) mass is 776 g/mol. The van der Waals surface area contributed by atoms with Gasteiger partial charge in [-0.3, -0.25) is 34.2 Å². The number of rotatable bonds is 11. The smallest absolute Gasteiger partial charge is 0.263 e. The number of anilines is 1. The van der Waals surface area contributed by atoms with Gasteiger partial charge in [0.05, 0.1) is 27.5 Å². The van der Waals surface area contributed by atoms with Crippen LogP contribution in [0.3, 0.4) is 0 Å². The van der Waals surface area contributed by atoms with Gasteiger partial charge in [0.1, 0.15) is 41.2 Å². The largest absolute Gasteiger partial charge is 0.457 e. The molecule has 2 fully saturated rings. The number of fused-ring (bicyclic) bond motifs is 2. The molecule has 0 radical (unpaired) electrons. The van der Waals surface area contributed by atoms with E-state index in [1.165, 1.54) is 12.4 Å². The predicted molar refractivity (Wildman–Crippen MR) is 204 cm³/mol. The van der Waals surface area contributed by atoms with E-state index in [-0.39, 0.29) is 40.8 Å². The normalized spacial score (nSPS) is 17.4. The number of unbranched alkanes of at least 4 members (excludes halogenated alkanes) is 1. The summed E-state index contributed by atoms with van der Waals surface area (Å²) in [6, 6.07) is 18.4. The third-order valence-electron chi connectivity index (χ3n) is 10.3. The van der Waals surface area contributed by atoms with Crippen LogP contribution in [0, 0.1) is 5.82 Å². The molecule has 3 aliphatic rings. The fraction of sp³-hybridized carbons (Fsp3) is 0.300. The van der Waals surface area contributed by atoms with E-state index >= 15 is 4.39 Å². The van der Waals surface area contributed by atoms with E-state index < -0.39 is 35.5 Å². The van der Waals surface area contributed by atoms with Crippen molar-refractivity contribution >= 4 is 58.1 Å². The second-order valence-corrected chi connectivity index (χ2v) is 15.0. The zero-order valence-corrected chi connectivity index (χ0v) is 31.0. The number of hydrogen-bond acceptors (Lipinski definition) is 11. The van der Waals surface area contributed by atoms with E-state index in [0.717, 1.165) is 34.0 Å². The molecule has 0 saturated carbocycles. The molecule has 5 aromatic rings. The highest BCUT2D eigenvalue weighted by Crippen LogP contribution is 2.38. The van der Waals surface area contributed by atoms with E-state index in [1.807, 2.05) is 64.2 Å². The van der Waals surface area contributed by atoms with Gasteiger partial charge in [0, 0.05) is 31.5 Å². The fourth-order valence-corrected chi connectivity index (χ4v) is 8.57. The van der Waals surface area contributed by atoms with E-state index in [4.69, 9.17) is 15.6 Å². The van der Waals surface area contributed by atoms with Crippen molar-refractivity contribution in [3.05, 3.63) is 90.0 Å². The average molecular weight is 777 g/mol. The number of benzene rings is 3. The summed E-state index contributed by atoms with van der Waals surface area (Å²) < 4.78 is 22.9. The number of nitrogens with one attached hydrogen (secondary N) is 1. The number of nitrogens with zero attached hydrogens (tertiary/aromatic N) is 6. The summed E-state index contributed by atoms with van der Waals surface area (Å²) in [5.74, 6) is -1.09. The van der Waals surface area contributed by atoms with Crippen molar-refractivity contribution in [3.8, 4) is 22.8 Å². The van der Waals surface area contributed by atoms with Gasteiger partial charge in [0.15, 0.2) is 5.65 Å². The number of nitrogens with two attached hydrogens (primary N) is 1. The van der Waals surface area contributed by atoms with Crippen LogP contribution in [0.2, 0.25) is 0 Å². The highest BCUT2D eigenvalue weighted by molar-refractivity contribution is 7.99. The lowest BCUT2D eigenvalue weighted by molar-refractivity contribution is -0.136. The first kappa shape index (κ1) is 36.8. The zero-order chi connectivity index (χ0) is 38.9. The van der Waals surface area contributed by atoms with E-state index in [1.54, 1.807) is 0 Å². The molecule has 0 aliphatic carbocycles. The molecule has 8 rings (SSSR count). The maximum absolute atomic E-state index is 15.0. The summed E-state index contributed by atoms with van der Waals surface area (Å²) in [6.45, 7) is 1.09. The Kier molecular flexibility index (Phi) is 10.2. The van der Waals surface area contributed by atoms with E-state index in [9.17, 15) is 24.0 Å². The van der Waals surface area contributed by atoms with Gasteiger partial charge in [0.25, 0.3) is 11.8 Å². The quantitative estimate of drug-likeness (QED) is 0.0977. The minimum atomic E-state index is -1.13. The molecule has 3 N–H and O–H groups in total. The Labute approximate surface area is 324 Å². The highest BCUT2D eigenvalue weighted by Gasteiger charge is 2.46. The molecule has 1 unspecified atom stereocenters. The fourth-order valence-electron chi connectivity index (χ4n) is 7.47. The number of carbonyl (C=O) groups is 5. The lowest BCUT2D eigenvalue weighted by Gasteiger charge is -2.32. The van der Waals surface area contributed by atoms with E-state index in [0.29, 0.717) is 79.2 Å². The van der Waals surface area contributed by atoms with Gasteiger partial charge in [-0.1, -0.05) is 18.2 Å². The van der Waals surface area contributed by atoms with Crippen LogP contribution in [-0.4, -0.2) is 84.0 Å². The number of aromatic nitrogens is 4. The Bertz CT molecular complexity index is 2360. The molecule has 5 amide bonds. The number of nitrogen functional groups attached to an aromatic ring is 1. The van der Waals surface area contributed by atoms with Crippen LogP contribution in [0.5, 0.6) is 11.5 Å². The number of imide groups is 2. The molecule has 1 atom stereocenters. The summed E-state index contributed by atoms with van der Waals surface area (Å²) in [5, 5.41) is 7.81. The number of piperidine rings is 2. The molecule has 3 aliphatic heterocycles. The van der Waals surface area contributed by atoms with Crippen molar-refractivity contribution in [1.82, 2.24) is 34.9 Å². The molecule has 5 heterocycles. The maximum Gasteiger partial charge on any atom is 0.263 e. The van der Waals surface area contributed by atoms with Crippen molar-refractivity contribution in [2.24, 2.45) is 0 Å². The van der Waals surface area contributed by atoms with Gasteiger partial charge in [-0.05, 0) is 86.4 Å². The number of carbonyl (C=O) groups excluding carboxylic acids is 5. The first-order valence-corrected chi connectivity index (χ1v) is 19.4. The lowest BCUT2D eigenvalue weighted by atomic mass is 10.0. The Morgan fingerprint density at radius 3 is 2.41 bits per heavy atom. The Hall–Kier alpha value is -6.16. The molecule has 56 heavy (non-hydrogen) atoms. The van der Waals surface area contributed by atoms with Crippen LogP contribution in [0.25, 0.3) is 22.3 Å². The standard InChI is InChI=1S/C40H37FN8O6S/c41-28-14-13-27-32(40(54)48(39(27)53)29-15-16-30(50)45-38(29)52)35(28)56-21-5-4-8-31(51)47-19-17-24(18-20-47)49-37-33(36(42)43-22-44-37)34(46-49)23-9-11-26(12-10-23)55-25-6-2-1-3-7-25/h1-3,6-7,9-14,22,24,29H,4-5,8,15-21H2,(H2,42,43,44)(H,45,50,52). The van der Waals surface area contributed by atoms with Crippen LogP contribution in [0.15, 0.2) is 78.0 Å². The number of thioether (sulfide) groups is 1. The van der Waals surface area contributed by atoms with Gasteiger partial charge >= 0.3 is 0 Å². The number of halogens is 1. The maximum atomic E-state index is 15.0. The van der Waals surface area contributed by atoms with Crippen molar-refractivity contribution in [2.45, 2.75) is 61.9 Å². The summed E-state index contributed by atoms with van der Waals surface area (Å²) in [4.78, 5) is 75.3. The molecule has 3 aromatic carbocycles. The predicted octanol–water partition coefficient (Wildman–Crippen LogP) is 5.53. The van der Waals surface area contributed by atoms with E-state index in [2.05, 4.69) is 15.3 Å². The summed E-state index contributed by atoms with van der Waals surface area (Å²) in [7, 11) is 0. The number of para-hydroxylation sites is 1. The summed E-state index contributed by atoms with van der Waals surface area (Å²) in [6.07, 6.45) is 4.21. The molecule has 2 saturated heterocycles. The van der Waals surface area contributed by atoms with Gasteiger partial charge in [-0.2, -0.15) is 5.10 Å². The Balaban J connectivity index is 0.854. The molecule has 2 aromatic heterocycles. The minimum absolute atomic E-state index is 0.00752. The molecule has 14 nitrogen and oxygen atoms in total. The minimum Gasteiger partial charge on any atom is -0.457 e. The van der Waals surface area contributed by atoms with Crippen molar-refractivity contribution in [2.75, 3.05) is 24.6 Å². The van der Waals surface area contributed by atoms with Crippen molar-refractivity contribution < 1.29 is 33.1 Å². The molecule has 0 spiro atoms. The van der Waals surface area contributed by atoms with Crippen molar-refractivity contribution in [1.29, 1.82) is 0 Å². The zero-order valence-electron chi connectivity index (χ0n) is 30.2. The Morgan fingerprint density at radius 2 is 1.66 bits per heavy atom. The molecule has 16 heteroatoms. The number of amides is 5. The van der Waals surface area contributed by atoms with Gasteiger partial charge in [0.2, 0.25) is 17.7 Å². The number of ether oxygens (including phenoxy) is 1. The molecule has 0 bridgehead atoms. The van der Waals surface area contributed by atoms with Crippen LogP contribution >= 0.6 is 11.8 Å². The van der Waals surface area contributed by atoms with Crippen LogP contribution in [0.1, 0.15) is 71.7 Å². The average Bonchev–Trinajstić information content (AvgIpc) is 3.71. The molecular formula is C40H37FN8O6S.